The van der Waals surface area contributed by atoms with Crippen LogP contribution in [0.15, 0.2) is 11.6 Å². The lowest BCUT2D eigenvalue weighted by Crippen LogP contribution is -2.26. The summed E-state index contributed by atoms with van der Waals surface area (Å²) in [6, 6.07) is 0. The summed E-state index contributed by atoms with van der Waals surface area (Å²) in [5.74, 6) is 0. The Hall–Kier alpha value is -0.0000000000000000208. The van der Waals surface area contributed by atoms with E-state index in [1.54, 1.807) is 6.92 Å². The molecule has 1 aliphatic rings. The molecule has 0 aromatic rings. The van der Waals surface area contributed by atoms with Crippen LogP contribution in [0.1, 0.15) is 54.9 Å². The van der Waals surface area contributed by atoms with Crippen LogP contribution in [0, 0.1) is 0 Å². The molecule has 6 atom stereocenters. The molecular weight excluding hydrogens is 342 g/mol. The van der Waals surface area contributed by atoms with E-state index in [0.717, 1.165) is 0 Å². The largest absolute Gasteiger partial charge is 0.389 e. The zero-order valence-corrected chi connectivity index (χ0v) is 15.8. The molecule has 6 unspecified atom stereocenters. The van der Waals surface area contributed by atoms with Gasteiger partial charge in [-0.2, -0.15) is 0 Å². The van der Waals surface area contributed by atoms with Crippen LogP contribution in [0.4, 0.5) is 8.78 Å². The van der Waals surface area contributed by atoms with E-state index in [1.807, 2.05) is 6.92 Å². The third kappa shape index (κ3) is 13.4. The van der Waals surface area contributed by atoms with E-state index in [1.165, 1.54) is 25.8 Å². The van der Waals surface area contributed by atoms with Crippen molar-refractivity contribution in [2.45, 2.75) is 90.4 Å². The van der Waals surface area contributed by atoms with Crippen molar-refractivity contribution in [3.8, 4) is 0 Å². The maximum atomic E-state index is 12.1. The first kappa shape index (κ1) is 23.3. The molecule has 1 heterocycles. The van der Waals surface area contributed by atoms with E-state index in [2.05, 4.69) is 42.8 Å². The van der Waals surface area contributed by atoms with Gasteiger partial charge in [-0.25, -0.2) is 8.78 Å². The number of rotatable bonds is 4. The van der Waals surface area contributed by atoms with Crippen LogP contribution in [0.25, 0.3) is 0 Å². The topological polar surface area (TPSA) is 32.8 Å². The third-order valence-electron chi connectivity index (χ3n) is 3.20. The molecule has 0 bridgehead atoms. The molecule has 128 valence electrons. The average Bonchev–Trinajstić information content (AvgIpc) is 3.15. The fraction of sp³-hybridized carbons (Fsp3) is 0.875. The van der Waals surface area contributed by atoms with E-state index >= 15 is 0 Å². The molecule has 1 saturated heterocycles. The lowest BCUT2D eigenvalue weighted by molar-refractivity contribution is 0.0909. The molecule has 0 radical (unpaired) electrons. The monoisotopic (exact) mass is 372 g/mol. The summed E-state index contributed by atoms with van der Waals surface area (Å²) < 4.78 is 28.9. The number of alkyl halides is 3. The van der Waals surface area contributed by atoms with Crippen molar-refractivity contribution >= 4 is 15.9 Å². The lowest BCUT2D eigenvalue weighted by Gasteiger charge is -2.12. The number of aliphatic hydroxyl groups is 1. The Morgan fingerprint density at radius 1 is 1.33 bits per heavy atom. The highest BCUT2D eigenvalue weighted by Crippen LogP contribution is 2.25. The highest BCUT2D eigenvalue weighted by Gasteiger charge is 2.39. The molecule has 2 nitrogen and oxygen atoms in total. The predicted octanol–water partition coefficient (Wildman–Crippen LogP) is 4.98. The van der Waals surface area contributed by atoms with Gasteiger partial charge in [-0.1, -0.05) is 41.4 Å². The van der Waals surface area contributed by atoms with Crippen molar-refractivity contribution in [3.63, 3.8) is 0 Å². The molecule has 0 aromatic heterocycles. The number of hydrogen-bond donors (Lipinski definition) is 1. The molecule has 0 spiro atoms. The molecule has 21 heavy (non-hydrogen) atoms. The molecule has 1 aliphatic heterocycles. The Balaban J connectivity index is 0. The van der Waals surface area contributed by atoms with Crippen LogP contribution in [-0.4, -0.2) is 40.6 Å². The van der Waals surface area contributed by atoms with Gasteiger partial charge in [0.15, 0.2) is 0 Å². The van der Waals surface area contributed by atoms with Crippen LogP contribution in [-0.2, 0) is 4.74 Å². The Morgan fingerprint density at radius 2 is 1.76 bits per heavy atom. The number of halogens is 3. The summed E-state index contributed by atoms with van der Waals surface area (Å²) in [7, 11) is 0. The van der Waals surface area contributed by atoms with Gasteiger partial charge in [0.2, 0.25) is 0 Å². The first-order chi connectivity index (χ1) is 9.58. The fourth-order valence-corrected chi connectivity index (χ4v) is 1.67. The van der Waals surface area contributed by atoms with Crippen molar-refractivity contribution in [3.05, 3.63) is 11.6 Å². The molecule has 1 rings (SSSR count). The average molecular weight is 373 g/mol. The third-order valence-corrected chi connectivity index (χ3v) is 3.74. The van der Waals surface area contributed by atoms with E-state index in [9.17, 15) is 8.78 Å². The lowest BCUT2D eigenvalue weighted by atomic mass is 10.2. The number of aliphatic hydroxyl groups excluding tert-OH is 1. The maximum Gasteiger partial charge on any atom is 0.126 e. The van der Waals surface area contributed by atoms with Gasteiger partial charge in [0.25, 0.3) is 0 Å². The maximum absolute atomic E-state index is 12.1. The van der Waals surface area contributed by atoms with Gasteiger partial charge in [0.1, 0.15) is 18.4 Å². The number of epoxide rings is 1. The second-order valence-electron chi connectivity index (χ2n) is 5.32. The van der Waals surface area contributed by atoms with Crippen molar-refractivity contribution in [2.75, 3.05) is 0 Å². The molecule has 0 aromatic carbocycles. The molecular formula is C16H31BrF2O2. The molecule has 0 amide bonds. The Labute approximate surface area is 137 Å². The first-order valence-electron chi connectivity index (χ1n) is 7.45. The summed E-state index contributed by atoms with van der Waals surface area (Å²) in [6.45, 7) is 12.8. The number of hydrogen-bond acceptors (Lipinski definition) is 2. The van der Waals surface area contributed by atoms with Crippen LogP contribution in [0.3, 0.4) is 0 Å². The zero-order chi connectivity index (χ0) is 17.2. The molecule has 0 saturated carbocycles. The van der Waals surface area contributed by atoms with E-state index < -0.39 is 18.4 Å². The van der Waals surface area contributed by atoms with E-state index in [0.29, 0.717) is 0 Å². The zero-order valence-electron chi connectivity index (χ0n) is 14.2. The molecule has 1 N–H and O–H groups in total. The Morgan fingerprint density at radius 3 is 1.76 bits per heavy atom. The van der Waals surface area contributed by atoms with Gasteiger partial charge in [-0.15, -0.1) is 0 Å². The summed E-state index contributed by atoms with van der Waals surface area (Å²) in [5, 5.41) is 8.78. The smallest absolute Gasteiger partial charge is 0.126 e. The van der Waals surface area contributed by atoms with Crippen molar-refractivity contribution in [1.82, 2.24) is 0 Å². The van der Waals surface area contributed by atoms with Gasteiger partial charge in [0.05, 0.1) is 12.2 Å². The fourth-order valence-electron chi connectivity index (χ4n) is 1.25. The van der Waals surface area contributed by atoms with Gasteiger partial charge in [-0.3, -0.25) is 0 Å². The number of ether oxygens (including phenoxy) is 1. The number of allylic oxidation sites excluding steroid dienone is 2. The van der Waals surface area contributed by atoms with Crippen LogP contribution in [0.5, 0.6) is 0 Å². The van der Waals surface area contributed by atoms with Crippen molar-refractivity contribution in [2.24, 2.45) is 0 Å². The Kier molecular flexibility index (Phi) is 13.9. The minimum atomic E-state index is -1.15. The summed E-state index contributed by atoms with van der Waals surface area (Å²) in [4.78, 5) is -0.164. The highest BCUT2D eigenvalue weighted by molar-refractivity contribution is 9.09. The van der Waals surface area contributed by atoms with E-state index in [4.69, 9.17) is 9.84 Å². The summed E-state index contributed by atoms with van der Waals surface area (Å²) >= 11 is 3.05. The highest BCUT2D eigenvalue weighted by atomic mass is 79.9. The summed E-state index contributed by atoms with van der Waals surface area (Å²) in [5.41, 5.74) is 1.47. The van der Waals surface area contributed by atoms with E-state index in [-0.39, 0.29) is 17.0 Å². The summed E-state index contributed by atoms with van der Waals surface area (Å²) in [6.07, 6.45) is 0.589. The quantitative estimate of drug-likeness (QED) is 0.428. The van der Waals surface area contributed by atoms with Crippen LogP contribution < -0.4 is 0 Å². The SMILES string of the molecule is C/C=C(\C)CC.CC(F)C(O)C(C)Br.CC(F)C1OC1C. The van der Waals surface area contributed by atoms with Gasteiger partial charge < -0.3 is 9.84 Å². The molecule has 1 fully saturated rings. The molecule has 0 aliphatic carbocycles. The standard InChI is InChI=1S/C6H12.C5H10BrFO.C5H9FO/c1-4-6(3)5-2;1-3(6)5(8)4(2)7;1-3(6)5-4(2)7-5/h4H,5H2,1-3H3;3-5,8H,1-2H3;3-5H,1-2H3/b6-4+;;. The van der Waals surface area contributed by atoms with Crippen LogP contribution in [0.2, 0.25) is 0 Å². The van der Waals surface area contributed by atoms with Crippen molar-refractivity contribution in [1.29, 1.82) is 0 Å². The second-order valence-corrected chi connectivity index (χ2v) is 6.76. The first-order valence-corrected chi connectivity index (χ1v) is 8.37. The minimum Gasteiger partial charge on any atom is -0.389 e. The second kappa shape index (κ2) is 12.5. The van der Waals surface area contributed by atoms with Crippen molar-refractivity contribution < 1.29 is 18.6 Å². The minimum absolute atomic E-state index is 0.0972. The normalized spacial score (nSPS) is 26.3. The predicted molar refractivity (Wildman–Crippen MR) is 89.6 cm³/mol. The van der Waals surface area contributed by atoms with Crippen LogP contribution >= 0.6 is 15.9 Å². The van der Waals surface area contributed by atoms with Gasteiger partial charge in [0, 0.05) is 4.83 Å². The van der Waals surface area contributed by atoms with Gasteiger partial charge >= 0.3 is 0 Å². The Bertz CT molecular complexity index is 273. The van der Waals surface area contributed by atoms with Gasteiger partial charge in [-0.05, 0) is 41.0 Å². The molecule has 5 heteroatoms.